The van der Waals surface area contributed by atoms with Crippen LogP contribution in [0.1, 0.15) is 17.4 Å². The highest BCUT2D eigenvalue weighted by Gasteiger charge is 2.12. The number of furan rings is 1. The summed E-state index contributed by atoms with van der Waals surface area (Å²) in [6.45, 7) is 2.03. The first-order valence-corrected chi connectivity index (χ1v) is 5.06. The summed E-state index contributed by atoms with van der Waals surface area (Å²) in [7, 11) is 0. The van der Waals surface area contributed by atoms with Crippen LogP contribution in [0.25, 0.3) is 0 Å². The normalized spacial score (nSPS) is 11.8. The SMILES string of the molecule is Cc1ccc(NC(C#N)c2ccco2)cc1. The molecule has 3 heteroatoms. The van der Waals surface area contributed by atoms with Gasteiger partial charge in [0.25, 0.3) is 0 Å². The van der Waals surface area contributed by atoms with E-state index in [1.54, 1.807) is 18.4 Å². The van der Waals surface area contributed by atoms with E-state index >= 15 is 0 Å². The minimum atomic E-state index is -0.447. The van der Waals surface area contributed by atoms with Gasteiger partial charge < -0.3 is 9.73 Å². The van der Waals surface area contributed by atoms with Crippen LogP contribution in [0.4, 0.5) is 5.69 Å². The molecule has 2 aromatic rings. The van der Waals surface area contributed by atoms with E-state index in [1.165, 1.54) is 5.56 Å². The molecule has 1 aromatic carbocycles. The monoisotopic (exact) mass is 212 g/mol. The summed E-state index contributed by atoms with van der Waals surface area (Å²) in [5.74, 6) is 0.628. The van der Waals surface area contributed by atoms with Crippen molar-refractivity contribution in [3.63, 3.8) is 0 Å². The maximum Gasteiger partial charge on any atom is 0.173 e. The van der Waals surface area contributed by atoms with Crippen molar-refractivity contribution < 1.29 is 4.42 Å². The molecule has 0 radical (unpaired) electrons. The van der Waals surface area contributed by atoms with E-state index in [-0.39, 0.29) is 0 Å². The molecule has 80 valence electrons. The Morgan fingerprint density at radius 1 is 1.25 bits per heavy atom. The fourth-order valence-corrected chi connectivity index (χ4v) is 1.44. The molecule has 16 heavy (non-hydrogen) atoms. The van der Waals surface area contributed by atoms with Crippen molar-refractivity contribution >= 4 is 5.69 Å². The minimum Gasteiger partial charge on any atom is -0.466 e. The topological polar surface area (TPSA) is 49.0 Å². The van der Waals surface area contributed by atoms with Crippen LogP contribution in [0.15, 0.2) is 47.1 Å². The molecule has 2 rings (SSSR count). The van der Waals surface area contributed by atoms with Crippen LogP contribution in [0, 0.1) is 18.3 Å². The number of nitrogens with zero attached hydrogens (tertiary/aromatic N) is 1. The van der Waals surface area contributed by atoms with E-state index < -0.39 is 6.04 Å². The average Bonchev–Trinajstić information content (AvgIpc) is 2.82. The number of aryl methyl sites for hydroxylation is 1. The van der Waals surface area contributed by atoms with Gasteiger partial charge in [-0.1, -0.05) is 17.7 Å². The Kier molecular flexibility index (Phi) is 2.93. The summed E-state index contributed by atoms with van der Waals surface area (Å²) in [5, 5.41) is 12.1. The summed E-state index contributed by atoms with van der Waals surface area (Å²) in [5.41, 5.74) is 2.10. The molecule has 1 heterocycles. The van der Waals surface area contributed by atoms with Crippen molar-refractivity contribution in [2.75, 3.05) is 5.32 Å². The van der Waals surface area contributed by atoms with Gasteiger partial charge in [0.15, 0.2) is 6.04 Å². The molecular weight excluding hydrogens is 200 g/mol. The van der Waals surface area contributed by atoms with Gasteiger partial charge in [-0.05, 0) is 31.2 Å². The predicted molar refractivity (Wildman–Crippen MR) is 61.9 cm³/mol. The lowest BCUT2D eigenvalue weighted by atomic mass is 10.2. The van der Waals surface area contributed by atoms with Gasteiger partial charge in [-0.3, -0.25) is 0 Å². The fraction of sp³-hybridized carbons (Fsp3) is 0.154. The van der Waals surface area contributed by atoms with Crippen LogP contribution in [-0.4, -0.2) is 0 Å². The van der Waals surface area contributed by atoms with Crippen molar-refractivity contribution in [3.8, 4) is 6.07 Å². The van der Waals surface area contributed by atoms with Gasteiger partial charge >= 0.3 is 0 Å². The molecule has 0 fully saturated rings. The third-order valence-electron chi connectivity index (χ3n) is 2.32. The van der Waals surface area contributed by atoms with Gasteiger partial charge in [-0.15, -0.1) is 0 Å². The maximum atomic E-state index is 9.04. The van der Waals surface area contributed by atoms with E-state index in [9.17, 15) is 0 Å². The number of hydrogen-bond acceptors (Lipinski definition) is 3. The molecule has 0 aliphatic carbocycles. The van der Waals surface area contributed by atoms with Crippen molar-refractivity contribution in [1.29, 1.82) is 5.26 Å². The van der Waals surface area contributed by atoms with Crippen molar-refractivity contribution in [3.05, 3.63) is 54.0 Å². The van der Waals surface area contributed by atoms with Crippen molar-refractivity contribution in [1.82, 2.24) is 0 Å². The summed E-state index contributed by atoms with van der Waals surface area (Å²) < 4.78 is 5.20. The Hall–Kier alpha value is -2.21. The standard InChI is InChI=1S/C13H12N2O/c1-10-4-6-11(7-5-10)15-12(9-14)13-3-2-8-16-13/h2-8,12,15H,1H3. The zero-order valence-corrected chi connectivity index (χ0v) is 8.97. The highest BCUT2D eigenvalue weighted by molar-refractivity contribution is 5.47. The number of rotatable bonds is 3. The van der Waals surface area contributed by atoms with Gasteiger partial charge in [-0.25, -0.2) is 0 Å². The lowest BCUT2D eigenvalue weighted by Gasteiger charge is -2.10. The van der Waals surface area contributed by atoms with Crippen LogP contribution in [0.3, 0.4) is 0 Å². The second-order valence-electron chi connectivity index (χ2n) is 3.59. The molecule has 1 atom stereocenters. The van der Waals surface area contributed by atoms with Crippen molar-refractivity contribution in [2.24, 2.45) is 0 Å². The van der Waals surface area contributed by atoms with E-state index in [1.807, 2.05) is 31.2 Å². The van der Waals surface area contributed by atoms with Crippen LogP contribution in [-0.2, 0) is 0 Å². The number of benzene rings is 1. The molecule has 0 bridgehead atoms. The molecule has 3 nitrogen and oxygen atoms in total. The first-order chi connectivity index (χ1) is 7.79. The summed E-state index contributed by atoms with van der Waals surface area (Å²) in [6.07, 6.45) is 1.57. The van der Waals surface area contributed by atoms with Gasteiger partial charge in [-0.2, -0.15) is 5.26 Å². The smallest absolute Gasteiger partial charge is 0.173 e. The Morgan fingerprint density at radius 3 is 2.56 bits per heavy atom. The predicted octanol–water partition coefficient (Wildman–Crippen LogP) is 3.26. The zero-order chi connectivity index (χ0) is 11.4. The molecule has 0 aliphatic rings. The number of nitrogens with one attached hydrogen (secondary N) is 1. The quantitative estimate of drug-likeness (QED) is 0.849. The Labute approximate surface area is 94.3 Å². The lowest BCUT2D eigenvalue weighted by molar-refractivity contribution is 0.505. The first kappa shape index (κ1) is 10.3. The highest BCUT2D eigenvalue weighted by atomic mass is 16.3. The summed E-state index contributed by atoms with van der Waals surface area (Å²) in [6, 6.07) is 13.2. The van der Waals surface area contributed by atoms with Crippen LogP contribution in [0.5, 0.6) is 0 Å². The van der Waals surface area contributed by atoms with E-state index in [0.29, 0.717) is 5.76 Å². The van der Waals surface area contributed by atoms with Crippen LogP contribution >= 0.6 is 0 Å². The molecular formula is C13H12N2O. The molecule has 0 saturated carbocycles. The second kappa shape index (κ2) is 4.54. The van der Waals surface area contributed by atoms with Gasteiger partial charge in [0.2, 0.25) is 0 Å². The van der Waals surface area contributed by atoms with Gasteiger partial charge in [0.05, 0.1) is 12.3 Å². The second-order valence-corrected chi connectivity index (χ2v) is 3.59. The van der Waals surface area contributed by atoms with E-state index in [0.717, 1.165) is 5.69 Å². The van der Waals surface area contributed by atoms with Crippen LogP contribution < -0.4 is 5.32 Å². The molecule has 1 aromatic heterocycles. The van der Waals surface area contributed by atoms with Crippen LogP contribution in [0.2, 0.25) is 0 Å². The molecule has 0 saturated heterocycles. The summed E-state index contributed by atoms with van der Waals surface area (Å²) in [4.78, 5) is 0. The molecule has 0 spiro atoms. The Bertz CT molecular complexity index is 480. The van der Waals surface area contributed by atoms with Crippen molar-refractivity contribution in [2.45, 2.75) is 13.0 Å². The van der Waals surface area contributed by atoms with E-state index in [4.69, 9.17) is 9.68 Å². The number of anilines is 1. The third kappa shape index (κ3) is 2.23. The van der Waals surface area contributed by atoms with Gasteiger partial charge in [0, 0.05) is 5.69 Å². The van der Waals surface area contributed by atoms with E-state index in [2.05, 4.69) is 11.4 Å². The lowest BCUT2D eigenvalue weighted by Crippen LogP contribution is -2.07. The Morgan fingerprint density at radius 2 is 2.00 bits per heavy atom. The third-order valence-corrected chi connectivity index (χ3v) is 2.32. The number of hydrogen-bond donors (Lipinski definition) is 1. The summed E-state index contributed by atoms with van der Waals surface area (Å²) >= 11 is 0. The minimum absolute atomic E-state index is 0.447. The fourth-order valence-electron chi connectivity index (χ4n) is 1.44. The van der Waals surface area contributed by atoms with Gasteiger partial charge in [0.1, 0.15) is 5.76 Å². The largest absolute Gasteiger partial charge is 0.466 e. The molecule has 0 aliphatic heterocycles. The first-order valence-electron chi connectivity index (χ1n) is 5.06. The maximum absolute atomic E-state index is 9.04. The average molecular weight is 212 g/mol. The Balaban J connectivity index is 2.14. The zero-order valence-electron chi connectivity index (χ0n) is 8.97. The molecule has 0 amide bonds. The number of nitriles is 1. The molecule has 1 N–H and O–H groups in total. The highest BCUT2D eigenvalue weighted by Crippen LogP contribution is 2.19. The molecule has 1 unspecified atom stereocenters.